The highest BCUT2D eigenvalue weighted by Crippen LogP contribution is 2.66. The summed E-state index contributed by atoms with van der Waals surface area (Å²) in [5.74, 6) is 3.01. The molecule has 3 heterocycles. The molecule has 2 aliphatic heterocycles. The minimum Gasteiger partial charge on any atom is -0.485 e. The number of hydrogen-bond acceptors (Lipinski definition) is 4. The van der Waals surface area contributed by atoms with E-state index in [0.717, 1.165) is 35.7 Å². The molecule has 36 heavy (non-hydrogen) atoms. The summed E-state index contributed by atoms with van der Waals surface area (Å²) >= 11 is 0. The van der Waals surface area contributed by atoms with Crippen LogP contribution in [-0.4, -0.2) is 28.2 Å². The van der Waals surface area contributed by atoms with Gasteiger partial charge in [-0.05, 0) is 66.1 Å². The molecule has 2 aliphatic carbocycles. The lowest BCUT2D eigenvalue weighted by atomic mass is 9.90. The highest BCUT2D eigenvalue weighted by Gasteiger charge is 2.57. The number of fused-ring (bicyclic) bond motifs is 4. The van der Waals surface area contributed by atoms with Gasteiger partial charge in [0.1, 0.15) is 23.5 Å². The largest absolute Gasteiger partial charge is 0.485 e. The van der Waals surface area contributed by atoms with Crippen molar-refractivity contribution in [1.82, 2.24) is 15.3 Å². The Balaban J connectivity index is 1.14. The van der Waals surface area contributed by atoms with Gasteiger partial charge in [-0.3, -0.25) is 4.79 Å². The summed E-state index contributed by atoms with van der Waals surface area (Å²) in [6, 6.07) is 9.86. The van der Waals surface area contributed by atoms with E-state index < -0.39 is 11.7 Å². The molecule has 2 N–H and O–H groups in total. The predicted molar refractivity (Wildman–Crippen MR) is 127 cm³/mol. The number of nitrogens with one attached hydrogen (secondary N) is 2. The van der Waals surface area contributed by atoms with Crippen molar-refractivity contribution < 1.29 is 22.7 Å². The van der Waals surface area contributed by atoms with Crippen LogP contribution < -0.4 is 10.1 Å². The number of aliphatic imine (C=N–C) groups is 1. The molecule has 3 aromatic rings. The van der Waals surface area contributed by atoms with Gasteiger partial charge in [0.2, 0.25) is 5.91 Å². The van der Waals surface area contributed by atoms with Gasteiger partial charge in [0.15, 0.2) is 0 Å². The van der Waals surface area contributed by atoms with E-state index in [1.807, 2.05) is 12.3 Å². The first-order valence-electron chi connectivity index (χ1n) is 12.2. The molecule has 0 radical (unpaired) electrons. The molecule has 0 spiro atoms. The maximum atomic E-state index is 13.1. The van der Waals surface area contributed by atoms with Crippen molar-refractivity contribution in [3.8, 4) is 5.75 Å². The molecule has 7 rings (SSSR count). The van der Waals surface area contributed by atoms with Crippen LogP contribution in [0, 0.1) is 11.8 Å². The highest BCUT2D eigenvalue weighted by atomic mass is 19.4. The third-order valence-electron chi connectivity index (χ3n) is 7.95. The molecule has 184 valence electrons. The zero-order chi connectivity index (χ0) is 24.8. The molecule has 9 heteroatoms. The lowest BCUT2D eigenvalue weighted by molar-refractivity contribution is -0.137. The number of aromatic amines is 1. The van der Waals surface area contributed by atoms with Gasteiger partial charge in [0.25, 0.3) is 0 Å². The van der Waals surface area contributed by atoms with E-state index in [0.29, 0.717) is 35.6 Å². The summed E-state index contributed by atoms with van der Waals surface area (Å²) in [5, 5.41) is 2.85. The number of H-pyrrole nitrogens is 1. The second kappa shape index (κ2) is 7.44. The van der Waals surface area contributed by atoms with Crippen LogP contribution >= 0.6 is 0 Å². The molecule has 1 amide bonds. The molecule has 0 saturated heterocycles. The first-order chi connectivity index (χ1) is 17.3. The molecule has 3 unspecified atom stereocenters. The van der Waals surface area contributed by atoms with Crippen molar-refractivity contribution in [2.24, 2.45) is 16.8 Å². The molecule has 0 bridgehead atoms. The average Bonchev–Trinajstić information content (AvgIpc) is 3.18. The second-order valence-electron chi connectivity index (χ2n) is 10.2. The second-order valence-corrected chi connectivity index (χ2v) is 10.2. The van der Waals surface area contributed by atoms with Crippen molar-refractivity contribution in [3.63, 3.8) is 0 Å². The normalized spacial score (nSPS) is 28.6. The monoisotopic (exact) mass is 492 g/mol. The van der Waals surface area contributed by atoms with E-state index >= 15 is 0 Å². The fraction of sp³-hybridized carbons (Fsp3) is 0.370. The van der Waals surface area contributed by atoms with Crippen molar-refractivity contribution in [3.05, 3.63) is 70.3 Å². The predicted octanol–water partition coefficient (Wildman–Crippen LogP) is 5.22. The van der Waals surface area contributed by atoms with Crippen molar-refractivity contribution in [2.75, 3.05) is 0 Å². The van der Waals surface area contributed by atoms with E-state index in [9.17, 15) is 18.0 Å². The number of benzene rings is 2. The van der Waals surface area contributed by atoms with Gasteiger partial charge < -0.3 is 15.0 Å². The lowest BCUT2D eigenvalue weighted by Gasteiger charge is -2.32. The average molecular weight is 493 g/mol. The molecule has 5 atom stereocenters. The van der Waals surface area contributed by atoms with Crippen LogP contribution in [0.25, 0.3) is 11.0 Å². The standard InChI is InChI=1S/C27H23F3N4O2/c1-12-11-31-25-16(5-7-21(35)34-25)24(12)36-15-4-2-13-8-18-22(17(13)10-15)23(18)26-32-19-6-3-14(27(28,29)30)9-20(19)33-26/h2-4,6,9-12,18,22-24H,5,7-8H2,1H3,(H,32,33)(H,34,35)/t12?,18-,22+,23?,24?/m0/s1. The number of imidazole rings is 1. The number of hydrogen-bond donors (Lipinski definition) is 2. The van der Waals surface area contributed by atoms with Gasteiger partial charge in [-0.15, -0.1) is 0 Å². The molecule has 6 nitrogen and oxygen atoms in total. The minimum absolute atomic E-state index is 0.0252. The summed E-state index contributed by atoms with van der Waals surface area (Å²) < 4.78 is 45.8. The third-order valence-corrected chi connectivity index (χ3v) is 7.95. The van der Waals surface area contributed by atoms with Crippen molar-refractivity contribution in [2.45, 2.75) is 50.3 Å². The minimum atomic E-state index is -4.38. The summed E-state index contributed by atoms with van der Waals surface area (Å²) in [4.78, 5) is 24.0. The Morgan fingerprint density at radius 2 is 1.94 bits per heavy atom. The van der Waals surface area contributed by atoms with E-state index in [4.69, 9.17) is 4.74 Å². The topological polar surface area (TPSA) is 79.4 Å². The Morgan fingerprint density at radius 1 is 1.08 bits per heavy atom. The molecule has 1 aromatic heterocycles. The fourth-order valence-electron chi connectivity index (χ4n) is 6.13. The van der Waals surface area contributed by atoms with Crippen LogP contribution in [0.5, 0.6) is 5.75 Å². The van der Waals surface area contributed by atoms with E-state index in [2.05, 4.69) is 39.3 Å². The number of rotatable bonds is 3. The Labute approximate surface area is 204 Å². The number of ether oxygens (including phenoxy) is 1. The Hall–Kier alpha value is -3.62. The Bertz CT molecular complexity index is 1490. The number of amides is 1. The van der Waals surface area contributed by atoms with Gasteiger partial charge >= 0.3 is 6.18 Å². The zero-order valence-electron chi connectivity index (χ0n) is 19.4. The molecule has 1 fully saturated rings. The first-order valence-corrected chi connectivity index (χ1v) is 12.2. The first kappa shape index (κ1) is 21.6. The van der Waals surface area contributed by atoms with Gasteiger partial charge in [0.05, 0.1) is 16.6 Å². The van der Waals surface area contributed by atoms with Gasteiger partial charge in [-0.2, -0.15) is 13.2 Å². The number of alkyl halides is 3. The van der Waals surface area contributed by atoms with Gasteiger partial charge in [0, 0.05) is 30.0 Å². The van der Waals surface area contributed by atoms with E-state index in [1.54, 1.807) is 0 Å². The molecule has 4 aliphatic rings. The van der Waals surface area contributed by atoms with Crippen LogP contribution in [-0.2, 0) is 17.4 Å². The van der Waals surface area contributed by atoms with Crippen LogP contribution in [0.3, 0.4) is 0 Å². The van der Waals surface area contributed by atoms with Crippen molar-refractivity contribution >= 4 is 23.2 Å². The maximum absolute atomic E-state index is 13.1. The lowest BCUT2D eigenvalue weighted by Crippen LogP contribution is -2.39. The summed E-state index contributed by atoms with van der Waals surface area (Å²) in [6.07, 6.45) is -0.773. The highest BCUT2D eigenvalue weighted by molar-refractivity contribution is 5.81. The van der Waals surface area contributed by atoms with E-state index in [1.165, 1.54) is 17.2 Å². The Morgan fingerprint density at radius 3 is 2.78 bits per heavy atom. The number of halogens is 3. The number of aromatic nitrogens is 2. The van der Waals surface area contributed by atoms with Crippen molar-refractivity contribution in [1.29, 1.82) is 0 Å². The fourth-order valence-corrected chi connectivity index (χ4v) is 6.13. The third kappa shape index (κ3) is 3.36. The Kier molecular flexibility index (Phi) is 4.48. The summed E-state index contributed by atoms with van der Waals surface area (Å²) in [6.45, 7) is 2.06. The number of carbonyl (C=O) groups is 1. The van der Waals surface area contributed by atoms with Crippen LogP contribution in [0.2, 0.25) is 0 Å². The quantitative estimate of drug-likeness (QED) is 0.526. The van der Waals surface area contributed by atoms with Gasteiger partial charge in [-0.25, -0.2) is 9.98 Å². The summed E-state index contributed by atoms with van der Waals surface area (Å²) in [5.41, 5.74) is 3.82. The summed E-state index contributed by atoms with van der Waals surface area (Å²) in [7, 11) is 0. The SMILES string of the molecule is CC1C=NC2=C(CCC(=O)N2)C1Oc1ccc2c(c1)[C@H]1C(c3nc4ccc(C(F)(F)F)cc4[nH]3)[C@H]1C2. The molecule has 1 saturated carbocycles. The van der Waals surface area contributed by atoms with Crippen LogP contribution in [0.15, 0.2) is 52.8 Å². The number of nitrogens with zero attached hydrogens (tertiary/aromatic N) is 2. The molecular formula is C27H23F3N4O2. The maximum Gasteiger partial charge on any atom is 0.416 e. The molecular weight excluding hydrogens is 469 g/mol. The van der Waals surface area contributed by atoms with Crippen LogP contribution in [0.4, 0.5) is 13.2 Å². The smallest absolute Gasteiger partial charge is 0.416 e. The number of carbonyl (C=O) groups excluding carboxylic acids is 1. The van der Waals surface area contributed by atoms with Crippen LogP contribution in [0.1, 0.15) is 54.1 Å². The zero-order valence-corrected chi connectivity index (χ0v) is 19.4. The molecule has 2 aromatic carbocycles. The van der Waals surface area contributed by atoms with Gasteiger partial charge in [-0.1, -0.05) is 13.0 Å². The van der Waals surface area contributed by atoms with E-state index in [-0.39, 0.29) is 29.8 Å².